The average Bonchev–Trinajstić information content (AvgIpc) is 3.27. The Morgan fingerprint density at radius 1 is 1.35 bits per heavy atom. The quantitative estimate of drug-likeness (QED) is 0.782. The van der Waals surface area contributed by atoms with Gasteiger partial charge in [0, 0.05) is 26.1 Å². The zero-order chi connectivity index (χ0) is 18.6. The van der Waals surface area contributed by atoms with Crippen LogP contribution in [-0.4, -0.2) is 46.6 Å². The van der Waals surface area contributed by atoms with Crippen LogP contribution in [0, 0.1) is 0 Å². The van der Waals surface area contributed by atoms with Crippen LogP contribution in [0.1, 0.15) is 22.3 Å². The van der Waals surface area contributed by atoms with Crippen LogP contribution in [-0.2, 0) is 27.8 Å². The van der Waals surface area contributed by atoms with E-state index in [0.717, 1.165) is 5.56 Å². The number of hydrogen-bond donors (Lipinski definition) is 1. The van der Waals surface area contributed by atoms with E-state index >= 15 is 0 Å². The maximum absolute atomic E-state index is 12.3. The molecule has 0 saturated carbocycles. The monoisotopic (exact) mass is 356 g/mol. The molecule has 0 saturated heterocycles. The lowest BCUT2D eigenvalue weighted by atomic mass is 9.89. The van der Waals surface area contributed by atoms with Gasteiger partial charge in [-0.2, -0.15) is 5.10 Å². The lowest BCUT2D eigenvalue weighted by Crippen LogP contribution is -2.43. The SMILES string of the molecule is COC(=O)C1(Cc2ccccc2)CC(CNC(=O)c2cnn(C)c2)=NO1. The van der Waals surface area contributed by atoms with Crippen molar-refractivity contribution in [1.29, 1.82) is 0 Å². The molecule has 1 unspecified atom stereocenters. The average molecular weight is 356 g/mol. The molecule has 1 N–H and O–H groups in total. The summed E-state index contributed by atoms with van der Waals surface area (Å²) >= 11 is 0. The summed E-state index contributed by atoms with van der Waals surface area (Å²) in [4.78, 5) is 29.9. The fourth-order valence-corrected chi connectivity index (χ4v) is 2.85. The smallest absolute Gasteiger partial charge is 0.353 e. The van der Waals surface area contributed by atoms with E-state index in [1.54, 1.807) is 17.9 Å². The van der Waals surface area contributed by atoms with Crippen molar-refractivity contribution in [3.63, 3.8) is 0 Å². The number of methoxy groups -OCH3 is 1. The highest BCUT2D eigenvalue weighted by Crippen LogP contribution is 2.29. The summed E-state index contributed by atoms with van der Waals surface area (Å²) in [5.74, 6) is -0.752. The van der Waals surface area contributed by atoms with Crippen molar-refractivity contribution in [3.8, 4) is 0 Å². The molecular formula is C18H20N4O4. The number of aryl methyl sites for hydroxylation is 1. The van der Waals surface area contributed by atoms with Crippen molar-refractivity contribution in [1.82, 2.24) is 15.1 Å². The normalized spacial score (nSPS) is 18.8. The standard InChI is InChI=1S/C18H20N4O4/c1-22-12-14(10-20-22)16(23)19-11-15-9-18(26-21-15,17(24)25-2)8-13-6-4-3-5-7-13/h3-7,10,12H,8-9,11H2,1-2H3,(H,19,23). The molecule has 0 fully saturated rings. The van der Waals surface area contributed by atoms with Crippen LogP contribution in [0.2, 0.25) is 0 Å². The van der Waals surface area contributed by atoms with Gasteiger partial charge in [0.2, 0.25) is 5.60 Å². The van der Waals surface area contributed by atoms with E-state index in [1.165, 1.54) is 13.3 Å². The number of nitrogens with zero attached hydrogens (tertiary/aromatic N) is 3. The van der Waals surface area contributed by atoms with Crippen molar-refractivity contribution in [2.45, 2.75) is 18.4 Å². The molecule has 1 amide bonds. The van der Waals surface area contributed by atoms with Gasteiger partial charge < -0.3 is 14.9 Å². The second kappa shape index (κ2) is 7.38. The number of ether oxygens (including phenoxy) is 1. The lowest BCUT2D eigenvalue weighted by molar-refractivity contribution is -0.166. The molecule has 1 aliphatic heterocycles. The molecule has 1 aliphatic rings. The van der Waals surface area contributed by atoms with Gasteiger partial charge in [0.25, 0.3) is 5.91 Å². The van der Waals surface area contributed by atoms with E-state index in [9.17, 15) is 9.59 Å². The predicted octanol–water partition coefficient (Wildman–Crippen LogP) is 1.08. The topological polar surface area (TPSA) is 94.8 Å². The van der Waals surface area contributed by atoms with Gasteiger partial charge in [-0.15, -0.1) is 0 Å². The number of benzene rings is 1. The van der Waals surface area contributed by atoms with Crippen molar-refractivity contribution in [2.75, 3.05) is 13.7 Å². The first-order valence-electron chi connectivity index (χ1n) is 8.15. The van der Waals surface area contributed by atoms with E-state index in [-0.39, 0.29) is 18.9 Å². The molecule has 0 bridgehead atoms. The molecule has 0 radical (unpaired) electrons. The molecule has 2 aromatic rings. The maximum atomic E-state index is 12.3. The Balaban J connectivity index is 1.64. The lowest BCUT2D eigenvalue weighted by Gasteiger charge is -2.23. The number of aromatic nitrogens is 2. The highest BCUT2D eigenvalue weighted by atomic mass is 16.7. The maximum Gasteiger partial charge on any atom is 0.353 e. The summed E-state index contributed by atoms with van der Waals surface area (Å²) in [6, 6.07) is 9.52. The Morgan fingerprint density at radius 3 is 2.77 bits per heavy atom. The number of carbonyl (C=O) groups is 2. The minimum atomic E-state index is -1.20. The fourth-order valence-electron chi connectivity index (χ4n) is 2.85. The van der Waals surface area contributed by atoms with Crippen LogP contribution >= 0.6 is 0 Å². The third kappa shape index (κ3) is 3.74. The van der Waals surface area contributed by atoms with Crippen molar-refractivity contribution < 1.29 is 19.2 Å². The molecule has 26 heavy (non-hydrogen) atoms. The number of nitrogens with one attached hydrogen (secondary N) is 1. The summed E-state index contributed by atoms with van der Waals surface area (Å²) in [6.07, 6.45) is 3.69. The number of hydrogen-bond acceptors (Lipinski definition) is 6. The molecule has 1 aromatic carbocycles. The van der Waals surface area contributed by atoms with E-state index in [0.29, 0.717) is 17.7 Å². The zero-order valence-corrected chi connectivity index (χ0v) is 14.6. The van der Waals surface area contributed by atoms with Gasteiger partial charge in [-0.25, -0.2) is 4.79 Å². The second-order valence-corrected chi connectivity index (χ2v) is 6.16. The fraction of sp³-hybridized carbons (Fsp3) is 0.333. The molecule has 8 heteroatoms. The Morgan fingerprint density at radius 2 is 2.12 bits per heavy atom. The number of amides is 1. The molecule has 136 valence electrons. The summed E-state index contributed by atoms with van der Waals surface area (Å²) in [6.45, 7) is 0.182. The van der Waals surface area contributed by atoms with Crippen LogP contribution in [0.15, 0.2) is 47.9 Å². The number of esters is 1. The molecule has 2 heterocycles. The largest absolute Gasteiger partial charge is 0.466 e. The van der Waals surface area contributed by atoms with Gasteiger partial charge in [0.1, 0.15) is 0 Å². The third-order valence-corrected chi connectivity index (χ3v) is 4.15. The van der Waals surface area contributed by atoms with E-state index in [2.05, 4.69) is 15.6 Å². The molecule has 3 rings (SSSR count). The molecule has 1 aromatic heterocycles. The summed E-state index contributed by atoms with van der Waals surface area (Å²) in [5.41, 5.74) is 0.762. The molecule has 8 nitrogen and oxygen atoms in total. The summed E-state index contributed by atoms with van der Waals surface area (Å²) in [5, 5.41) is 10.7. The first-order chi connectivity index (χ1) is 12.5. The van der Waals surface area contributed by atoms with Gasteiger partial charge in [0.15, 0.2) is 0 Å². The molecule has 0 aliphatic carbocycles. The van der Waals surface area contributed by atoms with Crippen LogP contribution in [0.4, 0.5) is 0 Å². The Labute approximate surface area is 150 Å². The minimum Gasteiger partial charge on any atom is -0.466 e. The third-order valence-electron chi connectivity index (χ3n) is 4.15. The highest BCUT2D eigenvalue weighted by Gasteiger charge is 2.47. The van der Waals surface area contributed by atoms with E-state index in [1.807, 2.05) is 30.3 Å². The number of rotatable bonds is 6. The molecule has 0 spiro atoms. The summed E-state index contributed by atoms with van der Waals surface area (Å²) in [7, 11) is 3.06. The van der Waals surface area contributed by atoms with Gasteiger partial charge >= 0.3 is 5.97 Å². The van der Waals surface area contributed by atoms with Gasteiger partial charge in [-0.05, 0) is 5.56 Å². The Kier molecular flexibility index (Phi) is 5.01. The minimum absolute atomic E-state index is 0.182. The van der Waals surface area contributed by atoms with Gasteiger partial charge in [0.05, 0.1) is 31.1 Å². The highest BCUT2D eigenvalue weighted by molar-refractivity contribution is 5.99. The van der Waals surface area contributed by atoms with Crippen LogP contribution in [0.5, 0.6) is 0 Å². The predicted molar refractivity (Wildman–Crippen MR) is 93.6 cm³/mol. The van der Waals surface area contributed by atoms with Gasteiger partial charge in [-0.3, -0.25) is 9.48 Å². The number of oxime groups is 1. The van der Waals surface area contributed by atoms with Crippen molar-refractivity contribution in [3.05, 3.63) is 53.9 Å². The first-order valence-corrected chi connectivity index (χ1v) is 8.15. The molecule has 1 atom stereocenters. The second-order valence-electron chi connectivity index (χ2n) is 6.16. The summed E-state index contributed by atoms with van der Waals surface area (Å²) < 4.78 is 6.47. The van der Waals surface area contributed by atoms with Crippen molar-refractivity contribution in [2.24, 2.45) is 12.2 Å². The molecular weight excluding hydrogens is 336 g/mol. The van der Waals surface area contributed by atoms with Crippen LogP contribution in [0.25, 0.3) is 0 Å². The number of carbonyl (C=O) groups excluding carboxylic acids is 2. The van der Waals surface area contributed by atoms with E-state index in [4.69, 9.17) is 9.57 Å². The van der Waals surface area contributed by atoms with Crippen molar-refractivity contribution >= 4 is 17.6 Å². The zero-order valence-electron chi connectivity index (χ0n) is 14.6. The Hall–Kier alpha value is -3.16. The van der Waals surface area contributed by atoms with E-state index < -0.39 is 11.6 Å². The van der Waals surface area contributed by atoms with Gasteiger partial charge in [-0.1, -0.05) is 35.5 Å². The Bertz CT molecular complexity index is 831. The van der Waals surface area contributed by atoms with Crippen LogP contribution in [0.3, 0.4) is 0 Å². The van der Waals surface area contributed by atoms with Crippen LogP contribution < -0.4 is 5.32 Å². The first kappa shape index (κ1) is 17.7.